The van der Waals surface area contributed by atoms with E-state index in [9.17, 15) is 23.6 Å². The average Bonchev–Trinajstić information content (AvgIpc) is 4.26. The van der Waals surface area contributed by atoms with Crippen molar-refractivity contribution in [2.24, 2.45) is 22.0 Å². The summed E-state index contributed by atoms with van der Waals surface area (Å²) >= 11 is 0. The molecule has 0 saturated carbocycles. The molecular weight excluding hydrogens is 1050 g/mol. The van der Waals surface area contributed by atoms with Crippen LogP contribution >= 0.6 is 0 Å². The van der Waals surface area contributed by atoms with Gasteiger partial charge in [-0.15, -0.1) is 6.42 Å². The molecule has 0 spiro atoms. The van der Waals surface area contributed by atoms with Crippen LogP contribution in [0.4, 0.5) is 8.78 Å². The van der Waals surface area contributed by atoms with Gasteiger partial charge in [0.25, 0.3) is 0 Å². The number of aliphatic hydroxyl groups is 1. The Labute approximate surface area is 481 Å². The highest BCUT2D eigenvalue weighted by Gasteiger charge is 2.37. The molecule has 6 aliphatic rings. The molecule has 1 aromatic heterocycles. The van der Waals surface area contributed by atoms with Gasteiger partial charge in [-0.2, -0.15) is 0 Å². The van der Waals surface area contributed by atoms with Gasteiger partial charge in [0.2, 0.25) is 12.3 Å². The maximum Gasteiger partial charge on any atom is 0.329 e. The number of ether oxygens (including phenoxy) is 2. The number of aryl methyl sites for hydroxylation is 2. The number of aromatic nitrogens is 2. The SMILES string of the molecule is C#Cc1c(F)ccc2cccc(C3=C(F)C(=NC)/C(=C(\N=C)N4CC5CCC(C4)N5)C=N3)c12.CNC(=O)CCC(C=O)n1c(=O)n(C)c2c(CCCCCCCOC3CCN(C=O)CC3)cccc21.CO.COCC1CCC2CCCN21. The fourth-order valence-corrected chi connectivity index (χ4v) is 12.7. The lowest BCUT2D eigenvalue weighted by Gasteiger charge is -2.35. The highest BCUT2D eigenvalue weighted by atomic mass is 19.1. The Kier molecular flexibility index (Phi) is 23.9. The second-order valence-electron chi connectivity index (χ2n) is 21.8. The van der Waals surface area contributed by atoms with Gasteiger partial charge in [-0.3, -0.25) is 33.6 Å². The molecule has 19 heteroatoms. The third-order valence-corrected chi connectivity index (χ3v) is 16.8. The zero-order chi connectivity index (χ0) is 58.7. The standard InChI is InChI=1S/C27H40N4O5.C26H23F2N5.C9H17NO.CH4O/c1-28-25(34)13-12-22(19-32)31-24-11-8-10-21(26(24)29(2)27(31)35)9-6-4-3-5-7-18-36-23-14-16-30(20-33)17-15-23;1-4-18-21(27)11-8-15-6-5-7-19(22(15)18)25-23(28)24(29-2)20(12-31-25)26(30-3)33-13-16-9-10-17(14-33)32-16;1-11-7-9-5-4-8-3-2-6-10(8)9;1-2/h8,10-11,19-20,22-23H,3-7,9,12-18H2,1-2H3,(H,28,34);1,5-8,11-12,16-17,32H,3,9-10,13-14H2,2H3;8-9H,2-7H2,1H3;2H,1H3/b;26-20+,29-24?;;. The molecule has 2 bridgehead atoms. The van der Waals surface area contributed by atoms with E-state index in [1.165, 1.54) is 49.9 Å². The van der Waals surface area contributed by atoms with Crippen LogP contribution in [0.3, 0.4) is 0 Å². The van der Waals surface area contributed by atoms with E-state index in [1.54, 1.807) is 48.0 Å². The summed E-state index contributed by atoms with van der Waals surface area (Å²) in [5, 5.41) is 14.3. The molecule has 3 N–H and O–H groups in total. The summed E-state index contributed by atoms with van der Waals surface area (Å²) in [6, 6.07) is 15.8. The van der Waals surface area contributed by atoms with E-state index < -0.39 is 17.7 Å². The van der Waals surface area contributed by atoms with E-state index in [-0.39, 0.29) is 47.5 Å². The number of hydrogen-bond acceptors (Lipinski definition) is 13. The Morgan fingerprint density at radius 1 is 0.976 bits per heavy atom. The molecule has 10 rings (SSSR count). The van der Waals surface area contributed by atoms with E-state index in [0.29, 0.717) is 39.8 Å². The van der Waals surface area contributed by atoms with Gasteiger partial charge in [0.1, 0.15) is 29.3 Å². The summed E-state index contributed by atoms with van der Waals surface area (Å²) in [5.41, 5.74) is 3.67. The van der Waals surface area contributed by atoms with Gasteiger partial charge in [-0.1, -0.05) is 61.6 Å². The molecule has 442 valence electrons. The van der Waals surface area contributed by atoms with Crippen LogP contribution in [0.1, 0.15) is 119 Å². The number of carbonyl (C=O) groups excluding carboxylic acids is 3. The number of likely N-dealkylation sites (tertiary alicyclic amines) is 2. The first-order chi connectivity index (χ1) is 40.0. The number of allylic oxidation sites excluding steroid dienone is 2. The van der Waals surface area contributed by atoms with Crippen molar-refractivity contribution in [1.29, 1.82) is 0 Å². The first kappa shape index (κ1) is 62.9. The van der Waals surface area contributed by atoms with Gasteiger partial charge in [0, 0.05) is 116 Å². The molecule has 5 saturated heterocycles. The summed E-state index contributed by atoms with van der Waals surface area (Å²) in [7, 11) is 7.64. The molecule has 5 atom stereocenters. The number of nitrogens with one attached hydrogen (secondary N) is 2. The molecule has 6 aliphatic heterocycles. The summed E-state index contributed by atoms with van der Waals surface area (Å²) in [6.45, 7) is 9.90. The predicted molar refractivity (Wildman–Crippen MR) is 322 cm³/mol. The van der Waals surface area contributed by atoms with Crippen LogP contribution in [0, 0.1) is 18.2 Å². The Hall–Kier alpha value is -6.69. The number of carbonyl (C=O) groups is 3. The van der Waals surface area contributed by atoms with Crippen molar-refractivity contribution >= 4 is 64.8 Å². The van der Waals surface area contributed by atoms with Gasteiger partial charge >= 0.3 is 5.69 Å². The molecule has 3 aromatic carbocycles. The fraction of sp³-hybridized carbons (Fsp3) is 0.540. The third kappa shape index (κ3) is 14.9. The van der Waals surface area contributed by atoms with E-state index >= 15 is 4.39 Å². The Morgan fingerprint density at radius 2 is 1.71 bits per heavy atom. The molecular formula is C63H84F2N10O7. The lowest BCUT2D eigenvalue weighted by Crippen LogP contribution is -2.50. The van der Waals surface area contributed by atoms with E-state index in [0.717, 1.165) is 152 Å². The molecule has 0 aliphatic carbocycles. The van der Waals surface area contributed by atoms with Gasteiger partial charge in [-0.25, -0.2) is 18.6 Å². The molecule has 82 heavy (non-hydrogen) atoms. The van der Waals surface area contributed by atoms with E-state index in [1.807, 2.05) is 25.3 Å². The number of rotatable bonds is 20. The number of benzene rings is 3. The number of terminal acetylenes is 1. The van der Waals surface area contributed by atoms with Crippen LogP contribution in [-0.4, -0.2) is 171 Å². The molecule has 17 nitrogen and oxygen atoms in total. The third-order valence-electron chi connectivity index (χ3n) is 16.8. The van der Waals surface area contributed by atoms with Crippen LogP contribution in [0.15, 0.2) is 85.5 Å². The summed E-state index contributed by atoms with van der Waals surface area (Å²) in [4.78, 5) is 66.8. The van der Waals surface area contributed by atoms with Crippen LogP contribution in [0.2, 0.25) is 0 Å². The molecule has 2 amide bonds. The number of aldehydes is 1. The zero-order valence-electron chi connectivity index (χ0n) is 48.6. The number of amides is 2. The van der Waals surface area contributed by atoms with Gasteiger partial charge in [-0.05, 0) is 113 Å². The maximum atomic E-state index is 15.9. The van der Waals surface area contributed by atoms with Gasteiger partial charge in [0.05, 0.1) is 40.9 Å². The number of methoxy groups -OCH3 is 1. The Balaban J connectivity index is 0.000000194. The minimum Gasteiger partial charge on any atom is -0.400 e. The quantitative estimate of drug-likeness (QED) is 0.0343. The van der Waals surface area contributed by atoms with Crippen molar-refractivity contribution in [3.8, 4) is 12.3 Å². The lowest BCUT2D eigenvalue weighted by atomic mass is 9.94. The van der Waals surface area contributed by atoms with Gasteiger partial charge in [0.15, 0.2) is 5.83 Å². The number of imidazole rings is 1. The molecule has 5 unspecified atom stereocenters. The number of aliphatic imine (C=N–C) groups is 3. The molecule has 0 radical (unpaired) electrons. The van der Waals surface area contributed by atoms with E-state index in [4.69, 9.17) is 21.0 Å². The number of aliphatic hydroxyl groups excluding tert-OH is 1. The van der Waals surface area contributed by atoms with Crippen molar-refractivity contribution in [3.05, 3.63) is 98.7 Å². The number of hydrogen-bond donors (Lipinski definition) is 3. The van der Waals surface area contributed by atoms with Crippen molar-refractivity contribution in [1.82, 2.24) is 34.5 Å². The molecule has 7 heterocycles. The number of piperidine rings is 1. The first-order valence-corrected chi connectivity index (χ1v) is 29.1. The first-order valence-electron chi connectivity index (χ1n) is 29.1. The van der Waals surface area contributed by atoms with Crippen LogP contribution < -0.4 is 16.3 Å². The van der Waals surface area contributed by atoms with Crippen molar-refractivity contribution in [2.45, 2.75) is 139 Å². The zero-order valence-corrected chi connectivity index (χ0v) is 48.6. The normalized spacial score (nSPS) is 21.9. The molecule has 4 aromatic rings. The fourth-order valence-electron chi connectivity index (χ4n) is 12.7. The summed E-state index contributed by atoms with van der Waals surface area (Å²) < 4.78 is 44.7. The minimum atomic E-state index is -0.673. The van der Waals surface area contributed by atoms with Crippen LogP contribution in [-0.2, 0) is 37.3 Å². The van der Waals surface area contributed by atoms with Crippen LogP contribution in [0.25, 0.3) is 27.5 Å². The Bertz CT molecular complexity index is 3070. The summed E-state index contributed by atoms with van der Waals surface area (Å²) in [5.74, 6) is 1.69. The largest absolute Gasteiger partial charge is 0.400 e. The lowest BCUT2D eigenvalue weighted by molar-refractivity contribution is -0.121. The topological polar surface area (TPSA) is 188 Å². The monoisotopic (exact) mass is 1130 g/mol. The predicted octanol–water partition coefficient (Wildman–Crippen LogP) is 7.71. The highest BCUT2D eigenvalue weighted by molar-refractivity contribution is 6.29. The smallest absolute Gasteiger partial charge is 0.329 e. The highest BCUT2D eigenvalue weighted by Crippen LogP contribution is 2.37. The molecule has 5 fully saturated rings. The van der Waals surface area contributed by atoms with Crippen molar-refractivity contribution in [2.75, 3.05) is 74.3 Å². The number of halogens is 2. The second kappa shape index (κ2) is 31.1. The summed E-state index contributed by atoms with van der Waals surface area (Å²) in [6.07, 6.45) is 25.6. The number of fused-ring (bicyclic) bond motifs is 5. The Morgan fingerprint density at radius 3 is 2.39 bits per heavy atom. The minimum absolute atomic E-state index is 0.0656. The number of para-hydroxylation sites is 1. The average molecular weight is 1130 g/mol. The number of piperazine rings is 1. The van der Waals surface area contributed by atoms with Gasteiger partial charge < -0.3 is 39.8 Å². The van der Waals surface area contributed by atoms with Crippen LogP contribution in [0.5, 0.6) is 0 Å². The van der Waals surface area contributed by atoms with E-state index in [2.05, 4.69) is 54.1 Å². The van der Waals surface area contributed by atoms with Crippen molar-refractivity contribution in [3.63, 3.8) is 0 Å². The second-order valence-corrected chi connectivity index (χ2v) is 21.8. The maximum absolute atomic E-state index is 15.9. The van der Waals surface area contributed by atoms with Crippen molar-refractivity contribution < 1.29 is 37.7 Å². The number of unbranched alkanes of at least 4 members (excludes halogenated alkanes) is 4. The number of nitrogens with zero attached hydrogens (tertiary/aromatic N) is 8.